The van der Waals surface area contributed by atoms with Crippen LogP contribution in [0.25, 0.3) is 6.08 Å². The van der Waals surface area contributed by atoms with Crippen molar-refractivity contribution in [3.05, 3.63) is 42.5 Å². The van der Waals surface area contributed by atoms with Crippen LogP contribution in [-0.4, -0.2) is 42.9 Å². The van der Waals surface area contributed by atoms with E-state index in [1.165, 1.54) is 5.56 Å². The molecule has 104 valence electrons. The lowest BCUT2D eigenvalue weighted by Crippen LogP contribution is -2.33. The van der Waals surface area contributed by atoms with Gasteiger partial charge in [0.1, 0.15) is 0 Å². The van der Waals surface area contributed by atoms with Gasteiger partial charge >= 0.3 is 16.9 Å². The normalized spacial score (nSPS) is 10.4. The molecule has 0 spiro atoms. The molecule has 0 radical (unpaired) electrons. The highest BCUT2D eigenvalue weighted by molar-refractivity contribution is 7.45. The molecule has 1 rings (SSSR count). The van der Waals surface area contributed by atoms with Crippen molar-refractivity contribution in [2.45, 2.75) is 0 Å². The average Bonchev–Trinajstić information content (AvgIpc) is 2.14. The molecule has 0 saturated carbocycles. The highest BCUT2D eigenvalue weighted by Gasteiger charge is 2.22. The van der Waals surface area contributed by atoms with Gasteiger partial charge in [-0.25, -0.2) is 4.57 Å². The van der Waals surface area contributed by atoms with Gasteiger partial charge < -0.3 is 33.9 Å². The summed E-state index contributed by atoms with van der Waals surface area (Å²) < 4.78 is 8.88. The second kappa shape index (κ2) is 9.11. The predicted octanol–water partition coefficient (Wildman–Crippen LogP) is -1.21. The van der Waals surface area contributed by atoms with E-state index in [4.69, 9.17) is 38.4 Å². The van der Waals surface area contributed by atoms with E-state index in [1.807, 2.05) is 36.4 Å². The maximum atomic E-state index is 8.88. The molecule has 1 aromatic carbocycles. The van der Waals surface area contributed by atoms with Gasteiger partial charge in [-0.3, -0.25) is 0 Å². The minimum atomic E-state index is -4.64. The Hall–Kier alpha value is -0.873. The molecule has 1 aromatic rings. The van der Waals surface area contributed by atoms with E-state index in [2.05, 4.69) is 6.58 Å². The summed E-state index contributed by atoms with van der Waals surface area (Å²) in [6, 6.07) is 10.0. The van der Waals surface area contributed by atoms with Crippen molar-refractivity contribution in [3.8, 4) is 0 Å². The summed E-state index contributed by atoms with van der Waals surface area (Å²) in [5, 5.41) is 0. The monoisotopic (exact) mass is 298 g/mol. The van der Waals surface area contributed by atoms with Gasteiger partial charge in [0.25, 0.3) is 0 Å². The standard InChI is InChI=1S/C8H8.H3O4P.H4O4Si/c1-2-8-6-4-3-5-7-8;2*1-5(2,3)4/h2-7H,1H2;(H3,1,2,3,4);1-4H. The van der Waals surface area contributed by atoms with Crippen LogP contribution < -0.4 is 0 Å². The van der Waals surface area contributed by atoms with Crippen molar-refractivity contribution in [2.75, 3.05) is 0 Å². The maximum Gasteiger partial charge on any atom is 0.668 e. The van der Waals surface area contributed by atoms with Crippen molar-refractivity contribution >= 4 is 22.9 Å². The van der Waals surface area contributed by atoms with Crippen molar-refractivity contribution in [3.63, 3.8) is 0 Å². The summed E-state index contributed by atoms with van der Waals surface area (Å²) in [4.78, 5) is 50.9. The first-order valence-corrected chi connectivity index (χ1v) is 7.64. The summed E-state index contributed by atoms with van der Waals surface area (Å²) in [7, 11) is -9.25. The van der Waals surface area contributed by atoms with E-state index in [0.717, 1.165) is 0 Å². The summed E-state index contributed by atoms with van der Waals surface area (Å²) in [6.07, 6.45) is 1.83. The first-order valence-electron chi connectivity index (χ1n) is 4.28. The number of benzene rings is 1. The molecule has 0 aromatic heterocycles. The van der Waals surface area contributed by atoms with Crippen LogP contribution in [0.15, 0.2) is 36.9 Å². The first-order chi connectivity index (χ1) is 7.93. The molecule has 0 atom stereocenters. The zero-order chi connectivity index (χ0) is 14.8. The number of phosphoric acid groups is 1. The van der Waals surface area contributed by atoms with Crippen LogP contribution in [-0.2, 0) is 4.57 Å². The van der Waals surface area contributed by atoms with Crippen molar-refractivity contribution < 1.29 is 38.4 Å². The smallest absolute Gasteiger partial charge is 0.368 e. The van der Waals surface area contributed by atoms with Gasteiger partial charge in [0.2, 0.25) is 0 Å². The van der Waals surface area contributed by atoms with Crippen LogP contribution >= 0.6 is 7.82 Å². The molecule has 0 fully saturated rings. The van der Waals surface area contributed by atoms with Gasteiger partial charge in [0.05, 0.1) is 0 Å². The van der Waals surface area contributed by atoms with Crippen LogP contribution in [0.5, 0.6) is 0 Å². The zero-order valence-corrected chi connectivity index (χ0v) is 11.1. The molecular formula is C8H15O8PSi. The number of hydrogen-bond acceptors (Lipinski definition) is 5. The Labute approximate surface area is 104 Å². The summed E-state index contributed by atoms with van der Waals surface area (Å²) in [6.45, 7) is 3.63. The van der Waals surface area contributed by atoms with E-state index in [9.17, 15) is 0 Å². The van der Waals surface area contributed by atoms with Gasteiger partial charge in [-0.15, -0.1) is 0 Å². The van der Waals surface area contributed by atoms with Gasteiger partial charge in [0, 0.05) is 0 Å². The first kappa shape index (κ1) is 19.5. The molecule has 0 aliphatic carbocycles. The fourth-order valence-corrected chi connectivity index (χ4v) is 0.589. The molecule has 0 bridgehead atoms. The Morgan fingerprint density at radius 3 is 1.44 bits per heavy atom. The van der Waals surface area contributed by atoms with E-state index in [-0.39, 0.29) is 0 Å². The molecule has 10 heteroatoms. The molecule has 8 nitrogen and oxygen atoms in total. The molecule has 0 unspecified atom stereocenters. The molecule has 0 saturated heterocycles. The topological polar surface area (TPSA) is 159 Å². The minimum Gasteiger partial charge on any atom is -0.368 e. The molecule has 0 aliphatic heterocycles. The molecule has 0 amide bonds. The second-order valence-electron chi connectivity index (χ2n) is 2.73. The molecule has 7 N–H and O–H groups in total. The molecule has 18 heavy (non-hydrogen) atoms. The highest BCUT2D eigenvalue weighted by Crippen LogP contribution is 2.25. The van der Waals surface area contributed by atoms with Gasteiger partial charge in [-0.05, 0) is 5.56 Å². The van der Waals surface area contributed by atoms with Gasteiger partial charge in [-0.2, -0.15) is 0 Å². The Kier molecular flexibility index (Phi) is 9.85. The van der Waals surface area contributed by atoms with E-state index in [0.29, 0.717) is 0 Å². The van der Waals surface area contributed by atoms with Crippen LogP contribution in [0.2, 0.25) is 0 Å². The molecule has 0 aliphatic rings. The number of rotatable bonds is 1. The predicted molar refractivity (Wildman–Crippen MR) is 65.4 cm³/mol. The number of hydrogen-bond donors (Lipinski definition) is 7. The van der Waals surface area contributed by atoms with Crippen LogP contribution in [0.1, 0.15) is 5.56 Å². The maximum absolute atomic E-state index is 8.88. The second-order valence-corrected chi connectivity index (χ2v) is 4.95. The van der Waals surface area contributed by atoms with Gasteiger partial charge in [0.15, 0.2) is 0 Å². The summed E-state index contributed by atoms with van der Waals surface area (Å²) in [5.41, 5.74) is 1.17. The Balaban J connectivity index is 0. The lowest BCUT2D eigenvalue weighted by Gasteiger charge is -1.91. The Bertz CT molecular complexity index is 356. The Morgan fingerprint density at radius 2 is 1.28 bits per heavy atom. The minimum absolute atomic E-state index is 1.17. The third-order valence-corrected chi connectivity index (χ3v) is 1.04. The van der Waals surface area contributed by atoms with Crippen molar-refractivity contribution in [1.29, 1.82) is 0 Å². The van der Waals surface area contributed by atoms with E-state index in [1.54, 1.807) is 0 Å². The summed E-state index contributed by atoms with van der Waals surface area (Å²) in [5.74, 6) is 0. The van der Waals surface area contributed by atoms with Crippen LogP contribution in [0.4, 0.5) is 0 Å². The lowest BCUT2D eigenvalue weighted by molar-refractivity contribution is 0.117. The highest BCUT2D eigenvalue weighted by atomic mass is 31.2. The van der Waals surface area contributed by atoms with Crippen LogP contribution in [0, 0.1) is 0 Å². The van der Waals surface area contributed by atoms with Gasteiger partial charge in [-0.1, -0.05) is 43.0 Å². The Morgan fingerprint density at radius 1 is 1.00 bits per heavy atom. The van der Waals surface area contributed by atoms with Crippen molar-refractivity contribution in [1.82, 2.24) is 0 Å². The van der Waals surface area contributed by atoms with Crippen molar-refractivity contribution in [2.24, 2.45) is 0 Å². The zero-order valence-electron chi connectivity index (χ0n) is 9.16. The average molecular weight is 298 g/mol. The van der Waals surface area contributed by atoms with E-state index >= 15 is 0 Å². The molecule has 0 heterocycles. The van der Waals surface area contributed by atoms with E-state index < -0.39 is 16.9 Å². The third kappa shape index (κ3) is 36.2. The quantitative estimate of drug-likeness (QED) is 0.251. The lowest BCUT2D eigenvalue weighted by atomic mass is 10.2. The summed E-state index contributed by atoms with van der Waals surface area (Å²) >= 11 is 0. The fraction of sp³-hybridized carbons (Fsp3) is 0. The van der Waals surface area contributed by atoms with Crippen LogP contribution in [0.3, 0.4) is 0 Å². The SMILES string of the molecule is C=Cc1ccccc1.O=P(O)(O)O.O[Si](O)(O)O. The fourth-order valence-electron chi connectivity index (χ4n) is 0.589. The largest absolute Gasteiger partial charge is 0.668 e. The third-order valence-electron chi connectivity index (χ3n) is 1.04. The molecular weight excluding hydrogens is 283 g/mol.